The summed E-state index contributed by atoms with van der Waals surface area (Å²) in [6.45, 7) is 6.20. The molecule has 1 N–H and O–H groups in total. The Bertz CT molecular complexity index is 1550. The van der Waals surface area contributed by atoms with E-state index in [1.807, 2.05) is 12.1 Å². The average Bonchev–Trinajstić information content (AvgIpc) is 3.43. The highest BCUT2D eigenvalue weighted by Crippen LogP contribution is 2.42. The number of Topliss-reactive ketones (excluding diaryl/α,β-unsaturated/α-hetero) is 1. The van der Waals surface area contributed by atoms with Crippen molar-refractivity contribution in [2.45, 2.75) is 57.4 Å². The molecule has 0 fully saturated rings. The number of hydrogen-bond donors (Lipinski definition) is 1. The van der Waals surface area contributed by atoms with Crippen molar-refractivity contribution >= 4 is 48.5 Å². The van der Waals surface area contributed by atoms with Gasteiger partial charge in [0.2, 0.25) is 0 Å². The maximum Gasteiger partial charge on any atom is 0.175 e. The van der Waals surface area contributed by atoms with Crippen LogP contribution in [0.5, 0.6) is 0 Å². The van der Waals surface area contributed by atoms with E-state index in [2.05, 4.69) is 37.4 Å². The zero-order valence-corrected chi connectivity index (χ0v) is 23.9. The molecule has 3 heterocycles. The summed E-state index contributed by atoms with van der Waals surface area (Å²) >= 11 is 3.46. The maximum atomic E-state index is 12.9. The van der Waals surface area contributed by atoms with E-state index in [9.17, 15) is 13.2 Å². The highest BCUT2D eigenvalue weighted by Gasteiger charge is 2.25. The van der Waals surface area contributed by atoms with Gasteiger partial charge in [-0.15, -0.1) is 22.7 Å². The Labute approximate surface area is 226 Å². The topological polar surface area (TPSA) is 76.1 Å². The summed E-state index contributed by atoms with van der Waals surface area (Å²) in [5.41, 5.74) is 5.41. The molecule has 0 radical (unpaired) electrons. The smallest absolute Gasteiger partial charge is 0.175 e. The number of carbonyl (C=O) groups is 1. The van der Waals surface area contributed by atoms with E-state index < -0.39 is 9.84 Å². The normalized spacial score (nSPS) is 13.8. The molecular formula is C29H32N2O3S3. The van der Waals surface area contributed by atoms with Crippen LogP contribution in [-0.4, -0.2) is 32.0 Å². The predicted octanol–water partition coefficient (Wildman–Crippen LogP) is 6.68. The average molecular weight is 553 g/mol. The van der Waals surface area contributed by atoms with Crippen LogP contribution in [0.25, 0.3) is 31.9 Å². The fraction of sp³-hybridized carbons (Fsp3) is 0.379. The third kappa shape index (κ3) is 5.87. The zero-order chi connectivity index (χ0) is 26.2. The van der Waals surface area contributed by atoms with Crippen molar-refractivity contribution in [1.82, 2.24) is 10.3 Å². The van der Waals surface area contributed by atoms with E-state index in [1.165, 1.54) is 22.3 Å². The van der Waals surface area contributed by atoms with E-state index in [-0.39, 0.29) is 0 Å². The molecule has 2 aromatic heterocycles. The van der Waals surface area contributed by atoms with Crippen LogP contribution in [0.4, 0.5) is 0 Å². The van der Waals surface area contributed by atoms with Crippen LogP contribution in [0.2, 0.25) is 0 Å². The van der Waals surface area contributed by atoms with Crippen molar-refractivity contribution < 1.29 is 13.2 Å². The molecule has 2 aromatic carbocycles. The Balaban J connectivity index is 1.47. The molecule has 37 heavy (non-hydrogen) atoms. The number of nitrogens with zero attached hydrogens (tertiary/aromatic N) is 1. The van der Waals surface area contributed by atoms with Gasteiger partial charge in [0.1, 0.15) is 10.8 Å². The van der Waals surface area contributed by atoms with Gasteiger partial charge in [-0.1, -0.05) is 38.5 Å². The molecule has 1 aliphatic heterocycles. The minimum absolute atomic E-state index is 0.314. The third-order valence-corrected chi connectivity index (χ3v) is 10.2. The number of carbonyl (C=O) groups excluding carboxylic acids is 1. The number of aromatic nitrogens is 1. The van der Waals surface area contributed by atoms with Gasteiger partial charge in [-0.25, -0.2) is 13.4 Å². The summed E-state index contributed by atoms with van der Waals surface area (Å²) in [6, 6.07) is 13.2. The molecule has 0 amide bonds. The van der Waals surface area contributed by atoms with Gasteiger partial charge in [0, 0.05) is 41.0 Å². The first kappa shape index (κ1) is 26.2. The lowest BCUT2D eigenvalue weighted by atomic mass is 9.99. The van der Waals surface area contributed by atoms with Gasteiger partial charge < -0.3 is 5.32 Å². The summed E-state index contributed by atoms with van der Waals surface area (Å²) in [6.07, 6.45) is 5.33. The Morgan fingerprint density at radius 2 is 1.84 bits per heavy atom. The van der Waals surface area contributed by atoms with Crippen molar-refractivity contribution in [3.8, 4) is 21.7 Å². The molecule has 1 aliphatic rings. The SMILES string of the molecule is CC(C)CCCC(=O)Cc1sc2c(c1-c1nc3cc(-c4ccc(S(C)(=O)=O)cc4)ccc3s1)CCNC2. The van der Waals surface area contributed by atoms with Crippen molar-refractivity contribution in [3.05, 3.63) is 57.8 Å². The molecule has 0 atom stereocenters. The van der Waals surface area contributed by atoms with Gasteiger partial charge in [-0.05, 0) is 66.3 Å². The van der Waals surface area contributed by atoms with Gasteiger partial charge >= 0.3 is 0 Å². The molecule has 5 rings (SSSR count). The minimum Gasteiger partial charge on any atom is -0.312 e. The van der Waals surface area contributed by atoms with Gasteiger partial charge in [-0.3, -0.25) is 4.79 Å². The van der Waals surface area contributed by atoms with Gasteiger partial charge in [0.15, 0.2) is 9.84 Å². The van der Waals surface area contributed by atoms with E-state index in [0.717, 1.165) is 63.6 Å². The highest BCUT2D eigenvalue weighted by molar-refractivity contribution is 7.90. The molecule has 0 bridgehead atoms. The van der Waals surface area contributed by atoms with E-state index >= 15 is 0 Å². The summed E-state index contributed by atoms with van der Waals surface area (Å²) in [5, 5.41) is 4.46. The molecule has 194 valence electrons. The number of nitrogens with one attached hydrogen (secondary N) is 1. The summed E-state index contributed by atoms with van der Waals surface area (Å²) in [7, 11) is -3.23. The number of rotatable bonds is 9. The first-order valence-corrected chi connectivity index (χ1v) is 16.3. The Kier molecular flexibility index (Phi) is 7.63. The van der Waals surface area contributed by atoms with Crippen LogP contribution >= 0.6 is 22.7 Å². The lowest BCUT2D eigenvalue weighted by Gasteiger charge is -2.13. The van der Waals surface area contributed by atoms with Crippen LogP contribution in [0.1, 0.15) is 48.4 Å². The molecule has 8 heteroatoms. The monoisotopic (exact) mass is 552 g/mol. The summed E-state index contributed by atoms with van der Waals surface area (Å²) in [4.78, 5) is 20.7. The zero-order valence-electron chi connectivity index (χ0n) is 21.5. The summed E-state index contributed by atoms with van der Waals surface area (Å²) in [5.74, 6) is 0.933. The molecule has 0 unspecified atom stereocenters. The predicted molar refractivity (Wildman–Crippen MR) is 154 cm³/mol. The Morgan fingerprint density at radius 1 is 1.08 bits per heavy atom. The van der Waals surface area contributed by atoms with E-state index in [4.69, 9.17) is 4.98 Å². The molecule has 0 saturated carbocycles. The van der Waals surface area contributed by atoms with Crippen molar-refractivity contribution in [2.75, 3.05) is 12.8 Å². The van der Waals surface area contributed by atoms with Crippen molar-refractivity contribution in [1.29, 1.82) is 0 Å². The first-order valence-electron chi connectivity index (χ1n) is 12.8. The second-order valence-corrected chi connectivity index (χ2v) is 14.5. The number of fused-ring (bicyclic) bond motifs is 2. The van der Waals surface area contributed by atoms with Crippen molar-refractivity contribution in [3.63, 3.8) is 0 Å². The molecule has 0 aliphatic carbocycles. The largest absolute Gasteiger partial charge is 0.312 e. The highest BCUT2D eigenvalue weighted by atomic mass is 32.2. The molecule has 5 nitrogen and oxygen atoms in total. The number of hydrogen-bond acceptors (Lipinski definition) is 7. The fourth-order valence-corrected chi connectivity index (χ4v) is 7.94. The number of ketones is 1. The van der Waals surface area contributed by atoms with Gasteiger partial charge in [0.05, 0.1) is 15.1 Å². The van der Waals surface area contributed by atoms with E-state index in [0.29, 0.717) is 29.4 Å². The number of sulfone groups is 1. The number of thiophene rings is 1. The maximum absolute atomic E-state index is 12.9. The second kappa shape index (κ2) is 10.8. The van der Waals surface area contributed by atoms with E-state index in [1.54, 1.807) is 34.8 Å². The van der Waals surface area contributed by atoms with Gasteiger partial charge in [-0.2, -0.15) is 0 Å². The molecule has 0 saturated heterocycles. The second-order valence-electron chi connectivity index (χ2n) is 10.2. The van der Waals surface area contributed by atoms with Crippen LogP contribution < -0.4 is 5.32 Å². The quantitative estimate of drug-likeness (QED) is 0.251. The van der Waals surface area contributed by atoms with Crippen molar-refractivity contribution in [2.24, 2.45) is 5.92 Å². The third-order valence-electron chi connectivity index (χ3n) is 6.81. The summed E-state index contributed by atoms with van der Waals surface area (Å²) < 4.78 is 24.7. The van der Waals surface area contributed by atoms with Crippen LogP contribution in [0, 0.1) is 5.92 Å². The van der Waals surface area contributed by atoms with Gasteiger partial charge in [0.25, 0.3) is 0 Å². The first-order chi connectivity index (χ1) is 17.7. The van der Waals surface area contributed by atoms with Crippen LogP contribution in [0.15, 0.2) is 47.4 Å². The Hall–Kier alpha value is -2.39. The lowest BCUT2D eigenvalue weighted by molar-refractivity contribution is -0.118. The van der Waals surface area contributed by atoms with Crippen LogP contribution in [0.3, 0.4) is 0 Å². The number of benzene rings is 2. The number of thiazole rings is 1. The molecule has 0 spiro atoms. The Morgan fingerprint density at radius 3 is 2.57 bits per heavy atom. The molecular weight excluding hydrogens is 521 g/mol. The standard InChI is InChI=1S/C29H32N2O3S3/c1-18(2)5-4-6-21(32)16-26-28(23-13-14-30-17-27(23)35-26)29-31-24-15-20(9-12-25(24)36-29)19-7-10-22(11-8-19)37(3,33)34/h7-12,15,18,30H,4-6,13-14,16-17H2,1-3H3. The molecule has 4 aromatic rings. The lowest BCUT2D eigenvalue weighted by Crippen LogP contribution is -2.22. The van der Waals surface area contributed by atoms with Crippen LogP contribution in [-0.2, 0) is 34.0 Å². The fourth-order valence-electron chi connectivity index (χ4n) is 4.85. The minimum atomic E-state index is -3.23.